The third-order valence-corrected chi connectivity index (χ3v) is 1.38. The minimum atomic E-state index is 0.977. The summed E-state index contributed by atoms with van der Waals surface area (Å²) in [6, 6.07) is 9.76. The van der Waals surface area contributed by atoms with Crippen molar-refractivity contribution in [2.24, 2.45) is 0 Å². The molecule has 0 saturated carbocycles. The summed E-state index contributed by atoms with van der Waals surface area (Å²) < 4.78 is 1.60. The molecule has 1 radical (unpaired) electrons. The van der Waals surface area contributed by atoms with Crippen LogP contribution >= 0.6 is 0 Å². The van der Waals surface area contributed by atoms with Crippen LogP contribution < -0.4 is 0 Å². The van der Waals surface area contributed by atoms with Gasteiger partial charge in [-0.2, -0.15) is 0 Å². The summed E-state index contributed by atoms with van der Waals surface area (Å²) >= 11 is 0. The van der Waals surface area contributed by atoms with Gasteiger partial charge in [-0.05, 0) is 12.1 Å². The molecular weight excluding hydrogens is 138 g/mol. The van der Waals surface area contributed by atoms with Crippen molar-refractivity contribution in [2.75, 3.05) is 0 Å². The van der Waals surface area contributed by atoms with Gasteiger partial charge in [0.1, 0.15) is 6.20 Å². The Bertz CT molecular complexity index is 312. The average Bonchev–Trinajstić information content (AvgIpc) is 2.58. The monoisotopic (exact) mass is 144 g/mol. The van der Waals surface area contributed by atoms with Crippen LogP contribution in [0, 0.1) is 6.20 Å². The first-order valence-corrected chi connectivity index (χ1v) is 3.30. The molecule has 0 amide bonds. The van der Waals surface area contributed by atoms with E-state index in [9.17, 15) is 0 Å². The molecule has 53 valence electrons. The Morgan fingerprint density at radius 3 is 2.64 bits per heavy atom. The Balaban J connectivity index is 2.46. The lowest BCUT2D eigenvalue weighted by molar-refractivity contribution is 0.799. The molecule has 2 rings (SSSR count). The molecule has 3 heteroatoms. The van der Waals surface area contributed by atoms with E-state index in [0.29, 0.717) is 0 Å². The van der Waals surface area contributed by atoms with Gasteiger partial charge < -0.3 is 0 Å². The maximum absolute atomic E-state index is 3.80. The van der Waals surface area contributed by atoms with Crippen LogP contribution in [0.25, 0.3) is 5.69 Å². The lowest BCUT2D eigenvalue weighted by atomic mass is 10.3. The zero-order valence-electron chi connectivity index (χ0n) is 5.81. The molecule has 0 aliphatic carbocycles. The first-order chi connectivity index (χ1) is 5.47. The second-order valence-electron chi connectivity index (χ2n) is 2.11. The lowest BCUT2D eigenvalue weighted by Crippen LogP contribution is -1.93. The highest BCUT2D eigenvalue weighted by Gasteiger charge is 1.92. The molecule has 0 unspecified atom stereocenters. The van der Waals surface area contributed by atoms with Crippen molar-refractivity contribution >= 4 is 0 Å². The molecule has 0 N–H and O–H groups in total. The fourth-order valence-electron chi connectivity index (χ4n) is 0.879. The van der Waals surface area contributed by atoms with Crippen molar-refractivity contribution in [3.8, 4) is 5.69 Å². The molecule has 11 heavy (non-hydrogen) atoms. The highest BCUT2D eigenvalue weighted by Crippen LogP contribution is 2.01. The van der Waals surface area contributed by atoms with E-state index in [1.807, 2.05) is 30.3 Å². The van der Waals surface area contributed by atoms with Crippen LogP contribution in [0.2, 0.25) is 0 Å². The van der Waals surface area contributed by atoms with Gasteiger partial charge in [0.05, 0.1) is 11.9 Å². The zero-order valence-corrected chi connectivity index (χ0v) is 5.81. The van der Waals surface area contributed by atoms with E-state index < -0.39 is 0 Å². The maximum Gasteiger partial charge on any atom is 0.115 e. The van der Waals surface area contributed by atoms with E-state index in [0.717, 1.165) is 5.69 Å². The third kappa shape index (κ3) is 1.12. The van der Waals surface area contributed by atoms with Crippen molar-refractivity contribution in [3.63, 3.8) is 0 Å². The predicted molar refractivity (Wildman–Crippen MR) is 40.2 cm³/mol. The topological polar surface area (TPSA) is 30.7 Å². The molecule has 0 bridgehead atoms. The van der Waals surface area contributed by atoms with Crippen LogP contribution in [0.5, 0.6) is 0 Å². The second-order valence-corrected chi connectivity index (χ2v) is 2.11. The van der Waals surface area contributed by atoms with Crippen molar-refractivity contribution in [1.29, 1.82) is 0 Å². The summed E-state index contributed by atoms with van der Waals surface area (Å²) in [6.07, 6.45) is 4.38. The van der Waals surface area contributed by atoms with Gasteiger partial charge in [0, 0.05) is 0 Å². The summed E-state index contributed by atoms with van der Waals surface area (Å²) in [5.41, 5.74) is 0.977. The van der Waals surface area contributed by atoms with Gasteiger partial charge in [0.15, 0.2) is 0 Å². The number of hydrogen-bond acceptors (Lipinski definition) is 2. The van der Waals surface area contributed by atoms with Gasteiger partial charge in [-0.3, -0.25) is 0 Å². The summed E-state index contributed by atoms with van der Waals surface area (Å²) in [5.74, 6) is 0. The van der Waals surface area contributed by atoms with E-state index in [1.165, 1.54) is 6.20 Å². The van der Waals surface area contributed by atoms with Crippen molar-refractivity contribution < 1.29 is 0 Å². The van der Waals surface area contributed by atoms with Crippen molar-refractivity contribution in [3.05, 3.63) is 42.7 Å². The third-order valence-electron chi connectivity index (χ3n) is 1.38. The fourth-order valence-corrected chi connectivity index (χ4v) is 0.879. The Kier molecular flexibility index (Phi) is 1.41. The molecule has 3 nitrogen and oxygen atoms in total. The summed E-state index contributed by atoms with van der Waals surface area (Å²) in [4.78, 5) is 0. The molecule has 0 atom stereocenters. The maximum atomic E-state index is 3.80. The number of benzene rings is 1. The van der Waals surface area contributed by atoms with Crippen LogP contribution in [0.4, 0.5) is 0 Å². The van der Waals surface area contributed by atoms with E-state index in [4.69, 9.17) is 0 Å². The standard InChI is InChI=1S/C8H6N3/c1-2-4-8(5-3-1)11-7-6-9-10-11/h1-6H. The minimum absolute atomic E-state index is 0.977. The summed E-state index contributed by atoms with van der Waals surface area (Å²) in [5, 5.41) is 7.45. The minimum Gasteiger partial charge on any atom is -0.211 e. The average molecular weight is 144 g/mol. The quantitative estimate of drug-likeness (QED) is 0.599. The molecule has 0 spiro atoms. The highest BCUT2D eigenvalue weighted by molar-refractivity contribution is 5.28. The van der Waals surface area contributed by atoms with Gasteiger partial charge in [0.25, 0.3) is 0 Å². The molecule has 1 aromatic heterocycles. The van der Waals surface area contributed by atoms with E-state index >= 15 is 0 Å². The van der Waals surface area contributed by atoms with Gasteiger partial charge >= 0.3 is 0 Å². The summed E-state index contributed by atoms with van der Waals surface area (Å²) in [6.45, 7) is 0. The highest BCUT2D eigenvalue weighted by atomic mass is 15.4. The van der Waals surface area contributed by atoms with Crippen molar-refractivity contribution in [1.82, 2.24) is 15.0 Å². The lowest BCUT2D eigenvalue weighted by Gasteiger charge is -1.95. The van der Waals surface area contributed by atoms with Crippen LogP contribution in [-0.2, 0) is 0 Å². The Hall–Kier alpha value is -1.64. The summed E-state index contributed by atoms with van der Waals surface area (Å²) in [7, 11) is 0. The molecule has 2 aromatic rings. The van der Waals surface area contributed by atoms with Gasteiger partial charge in [0.2, 0.25) is 0 Å². The van der Waals surface area contributed by atoms with Crippen LogP contribution in [0.3, 0.4) is 0 Å². The van der Waals surface area contributed by atoms with Crippen LogP contribution in [0.1, 0.15) is 0 Å². The molecule has 0 aliphatic heterocycles. The molecule has 0 saturated heterocycles. The smallest absolute Gasteiger partial charge is 0.115 e. The van der Waals surface area contributed by atoms with Crippen LogP contribution in [0.15, 0.2) is 36.5 Å². The number of hydrogen-bond donors (Lipinski definition) is 0. The number of para-hydroxylation sites is 1. The second kappa shape index (κ2) is 2.54. The number of aromatic nitrogens is 3. The molecule has 0 fully saturated rings. The predicted octanol–water partition coefficient (Wildman–Crippen LogP) is 1.07. The van der Waals surface area contributed by atoms with E-state index in [-0.39, 0.29) is 0 Å². The zero-order chi connectivity index (χ0) is 7.52. The normalized spacial score (nSPS) is 9.82. The van der Waals surface area contributed by atoms with Crippen LogP contribution in [-0.4, -0.2) is 15.0 Å². The number of rotatable bonds is 1. The molecule has 1 heterocycles. The van der Waals surface area contributed by atoms with E-state index in [2.05, 4.69) is 16.5 Å². The molecular formula is C8H6N3. The molecule has 0 aliphatic rings. The Morgan fingerprint density at radius 2 is 2.00 bits per heavy atom. The van der Waals surface area contributed by atoms with E-state index in [1.54, 1.807) is 4.68 Å². The SMILES string of the molecule is [c]1cnnn1-c1ccccc1. The van der Waals surface area contributed by atoms with Gasteiger partial charge in [-0.15, -0.1) is 5.10 Å². The van der Waals surface area contributed by atoms with Crippen molar-refractivity contribution in [2.45, 2.75) is 0 Å². The fraction of sp³-hybridized carbons (Fsp3) is 0. The molecule has 1 aromatic carbocycles. The first-order valence-electron chi connectivity index (χ1n) is 3.30. The van der Waals surface area contributed by atoms with Gasteiger partial charge in [-0.1, -0.05) is 23.4 Å². The Labute approximate surface area is 64.3 Å². The first kappa shape index (κ1) is 6.09. The largest absolute Gasteiger partial charge is 0.211 e. The Morgan fingerprint density at radius 1 is 1.18 bits per heavy atom. The number of nitrogens with zero attached hydrogens (tertiary/aromatic N) is 3. The van der Waals surface area contributed by atoms with Gasteiger partial charge in [-0.25, -0.2) is 4.68 Å².